The summed E-state index contributed by atoms with van der Waals surface area (Å²) in [6.07, 6.45) is 7.31. The summed E-state index contributed by atoms with van der Waals surface area (Å²) in [5.74, 6) is 0.147. The average Bonchev–Trinajstić information content (AvgIpc) is 3.17. The number of primary amides is 1. The molecular weight excluding hydrogens is 382 g/mol. The third-order valence-electron chi connectivity index (χ3n) is 5.16. The van der Waals surface area contributed by atoms with Crippen LogP contribution in [0, 0.1) is 6.92 Å². The highest BCUT2D eigenvalue weighted by Crippen LogP contribution is 2.23. The van der Waals surface area contributed by atoms with Crippen molar-refractivity contribution >= 4 is 23.4 Å². The van der Waals surface area contributed by atoms with Crippen LogP contribution in [0.5, 0.6) is 0 Å². The molecule has 0 radical (unpaired) electrons. The van der Waals surface area contributed by atoms with E-state index in [1.165, 1.54) is 6.20 Å². The van der Waals surface area contributed by atoms with Crippen LogP contribution < -0.4 is 22.1 Å². The van der Waals surface area contributed by atoms with Crippen LogP contribution >= 0.6 is 0 Å². The number of aryl methyl sites for hydroxylation is 1. The molecule has 1 fully saturated rings. The van der Waals surface area contributed by atoms with Crippen molar-refractivity contribution in [1.29, 1.82) is 0 Å². The molecule has 0 saturated heterocycles. The third-order valence-corrected chi connectivity index (χ3v) is 5.16. The Morgan fingerprint density at radius 2 is 1.93 bits per heavy atom. The summed E-state index contributed by atoms with van der Waals surface area (Å²) < 4.78 is 0. The van der Waals surface area contributed by atoms with Gasteiger partial charge >= 0.3 is 0 Å². The minimum Gasteiger partial charge on any atom is -0.365 e. The lowest BCUT2D eigenvalue weighted by atomic mass is 9.91. The zero-order valence-electron chi connectivity index (χ0n) is 16.7. The second-order valence-electron chi connectivity index (χ2n) is 7.47. The number of aromatic nitrogens is 5. The molecule has 1 aromatic carbocycles. The fourth-order valence-corrected chi connectivity index (χ4v) is 3.51. The monoisotopic (exact) mass is 407 g/mol. The lowest BCUT2D eigenvalue weighted by molar-refractivity contribution is 0.100. The molecule has 2 atom stereocenters. The van der Waals surface area contributed by atoms with E-state index in [1.54, 1.807) is 11.0 Å². The molecule has 1 amide bonds. The van der Waals surface area contributed by atoms with Crippen molar-refractivity contribution in [3.8, 4) is 5.69 Å². The maximum atomic E-state index is 11.8. The lowest BCUT2D eigenvalue weighted by Crippen LogP contribution is -2.43. The standard InChI is InChI=1S/C20H25N9O/c1-12-10-24-29(28-12)14-8-6-13(7-9-14)25-19-15(18(22)30)11-23-20(27-19)26-17-5-3-2-4-16(17)21/h6-11,16-17H,2-5,21H2,1H3,(H2,22,30)(H2,23,25,26,27)/t16-,17+/m0/s1. The molecular formula is C20H25N9O. The van der Waals surface area contributed by atoms with Crippen molar-refractivity contribution in [2.24, 2.45) is 11.5 Å². The summed E-state index contributed by atoms with van der Waals surface area (Å²) in [4.78, 5) is 22.1. The topological polar surface area (TPSA) is 150 Å². The zero-order chi connectivity index (χ0) is 21.1. The Morgan fingerprint density at radius 3 is 2.60 bits per heavy atom. The molecule has 6 N–H and O–H groups in total. The van der Waals surface area contributed by atoms with Gasteiger partial charge < -0.3 is 22.1 Å². The van der Waals surface area contributed by atoms with Crippen molar-refractivity contribution in [2.75, 3.05) is 10.6 Å². The minimum absolute atomic E-state index is 0.0571. The van der Waals surface area contributed by atoms with Crippen molar-refractivity contribution < 1.29 is 4.79 Å². The Balaban J connectivity index is 1.55. The Morgan fingerprint density at radius 1 is 1.17 bits per heavy atom. The maximum Gasteiger partial charge on any atom is 0.254 e. The molecule has 0 bridgehead atoms. The molecule has 156 valence electrons. The van der Waals surface area contributed by atoms with E-state index in [9.17, 15) is 4.79 Å². The summed E-state index contributed by atoms with van der Waals surface area (Å²) in [6, 6.07) is 7.60. The highest BCUT2D eigenvalue weighted by Gasteiger charge is 2.23. The van der Waals surface area contributed by atoms with Crippen LogP contribution in [0.3, 0.4) is 0 Å². The fourth-order valence-electron chi connectivity index (χ4n) is 3.51. The molecule has 0 spiro atoms. The summed E-state index contributed by atoms with van der Waals surface area (Å²) in [6.45, 7) is 1.88. The number of carbonyl (C=O) groups excluding carboxylic acids is 1. The quantitative estimate of drug-likeness (QED) is 0.484. The number of hydrogen-bond donors (Lipinski definition) is 4. The predicted octanol–water partition coefficient (Wildman–Crippen LogP) is 1.89. The van der Waals surface area contributed by atoms with Crippen molar-refractivity contribution in [1.82, 2.24) is 25.0 Å². The molecule has 10 nitrogen and oxygen atoms in total. The Bertz CT molecular complexity index is 1030. The molecule has 1 aliphatic rings. The second-order valence-corrected chi connectivity index (χ2v) is 7.47. The molecule has 4 rings (SSSR count). The molecule has 2 aromatic heterocycles. The minimum atomic E-state index is -0.605. The first-order valence-corrected chi connectivity index (χ1v) is 9.95. The number of nitrogens with one attached hydrogen (secondary N) is 2. The Labute approximate surface area is 174 Å². The smallest absolute Gasteiger partial charge is 0.254 e. The van der Waals surface area contributed by atoms with Gasteiger partial charge in [0, 0.05) is 24.0 Å². The van der Waals surface area contributed by atoms with E-state index in [-0.39, 0.29) is 17.6 Å². The predicted molar refractivity (Wildman–Crippen MR) is 114 cm³/mol. The Kier molecular flexibility index (Phi) is 5.57. The summed E-state index contributed by atoms with van der Waals surface area (Å²) >= 11 is 0. The van der Waals surface area contributed by atoms with Crippen LogP contribution in [-0.4, -0.2) is 43.0 Å². The molecule has 3 aromatic rings. The number of amides is 1. The summed E-state index contributed by atoms with van der Waals surface area (Å²) in [5, 5.41) is 14.9. The molecule has 10 heteroatoms. The summed E-state index contributed by atoms with van der Waals surface area (Å²) in [7, 11) is 0. The highest BCUT2D eigenvalue weighted by atomic mass is 16.1. The van der Waals surface area contributed by atoms with Crippen molar-refractivity contribution in [2.45, 2.75) is 44.7 Å². The number of nitrogens with two attached hydrogens (primary N) is 2. The largest absolute Gasteiger partial charge is 0.365 e. The van der Waals surface area contributed by atoms with Gasteiger partial charge in [0.1, 0.15) is 11.4 Å². The molecule has 1 aliphatic carbocycles. The molecule has 30 heavy (non-hydrogen) atoms. The second kappa shape index (κ2) is 8.46. The normalized spacial score (nSPS) is 18.7. The number of rotatable bonds is 6. The van der Waals surface area contributed by atoms with E-state index < -0.39 is 5.91 Å². The number of hydrogen-bond acceptors (Lipinski definition) is 8. The maximum absolute atomic E-state index is 11.8. The van der Waals surface area contributed by atoms with E-state index in [4.69, 9.17) is 11.5 Å². The van der Waals surface area contributed by atoms with E-state index in [0.29, 0.717) is 11.8 Å². The van der Waals surface area contributed by atoms with Gasteiger partial charge in [0.2, 0.25) is 5.95 Å². The average molecular weight is 407 g/mol. The van der Waals surface area contributed by atoms with Gasteiger partial charge in [-0.15, -0.1) is 0 Å². The number of benzene rings is 1. The van der Waals surface area contributed by atoms with Crippen LogP contribution in [0.4, 0.5) is 17.5 Å². The Hall–Kier alpha value is -3.53. The lowest BCUT2D eigenvalue weighted by Gasteiger charge is -2.29. The van der Waals surface area contributed by atoms with Gasteiger partial charge in [-0.3, -0.25) is 4.79 Å². The van der Waals surface area contributed by atoms with E-state index in [2.05, 4.69) is 30.8 Å². The van der Waals surface area contributed by atoms with Crippen LogP contribution in [0.25, 0.3) is 5.69 Å². The van der Waals surface area contributed by atoms with Gasteiger partial charge in [-0.25, -0.2) is 4.98 Å². The van der Waals surface area contributed by atoms with Crippen LogP contribution in [0.1, 0.15) is 41.7 Å². The van der Waals surface area contributed by atoms with Gasteiger partial charge in [-0.1, -0.05) is 12.8 Å². The highest BCUT2D eigenvalue weighted by molar-refractivity contribution is 5.98. The molecule has 1 saturated carbocycles. The molecule has 0 aliphatic heterocycles. The number of nitrogens with zero attached hydrogens (tertiary/aromatic N) is 5. The van der Waals surface area contributed by atoms with Crippen molar-refractivity contribution in [3.05, 3.63) is 47.9 Å². The van der Waals surface area contributed by atoms with Crippen molar-refractivity contribution in [3.63, 3.8) is 0 Å². The first kappa shape index (κ1) is 19.8. The van der Waals surface area contributed by atoms with Gasteiger partial charge in [0.25, 0.3) is 5.91 Å². The van der Waals surface area contributed by atoms with E-state index in [1.807, 2.05) is 31.2 Å². The zero-order valence-corrected chi connectivity index (χ0v) is 16.7. The SMILES string of the molecule is Cc1cnn(-c2ccc(Nc3nc(N[C@@H]4CCCC[C@@H]4N)ncc3C(N)=O)cc2)n1. The van der Waals surface area contributed by atoms with E-state index in [0.717, 1.165) is 42.8 Å². The van der Waals surface area contributed by atoms with E-state index >= 15 is 0 Å². The third kappa shape index (κ3) is 4.38. The van der Waals surface area contributed by atoms with Gasteiger partial charge in [0.15, 0.2) is 0 Å². The molecule has 0 unspecified atom stereocenters. The van der Waals surface area contributed by atoms with Gasteiger partial charge in [-0.05, 0) is 44.0 Å². The van der Waals surface area contributed by atoms with Crippen LogP contribution in [0.15, 0.2) is 36.7 Å². The van der Waals surface area contributed by atoms with Crippen LogP contribution in [-0.2, 0) is 0 Å². The first-order chi connectivity index (χ1) is 14.5. The van der Waals surface area contributed by atoms with Gasteiger partial charge in [0.05, 0.1) is 17.6 Å². The number of anilines is 3. The van der Waals surface area contributed by atoms with Crippen LogP contribution in [0.2, 0.25) is 0 Å². The fraction of sp³-hybridized carbons (Fsp3) is 0.350. The first-order valence-electron chi connectivity index (χ1n) is 9.95. The summed E-state index contributed by atoms with van der Waals surface area (Å²) in [5.41, 5.74) is 14.3. The molecule has 2 heterocycles. The van der Waals surface area contributed by atoms with Gasteiger partial charge in [-0.2, -0.15) is 20.0 Å². The number of carbonyl (C=O) groups is 1.